The Hall–Kier alpha value is -3.19. The van der Waals surface area contributed by atoms with Crippen molar-refractivity contribution >= 4 is 33.0 Å². The first kappa shape index (κ1) is 17.6. The molecule has 3 rings (SSSR count). The Labute approximate surface area is 151 Å². The summed E-state index contributed by atoms with van der Waals surface area (Å²) in [6, 6.07) is 13.0. The van der Waals surface area contributed by atoms with E-state index in [1.807, 2.05) is 16.9 Å². The predicted molar refractivity (Wildman–Crippen MR) is 99.0 cm³/mol. The monoisotopic (exact) mass is 368 g/mol. The van der Waals surface area contributed by atoms with Crippen molar-refractivity contribution in [2.45, 2.75) is 11.8 Å². The number of carbonyl (C=O) groups is 2. The molecule has 0 radical (unpaired) electrons. The highest BCUT2D eigenvalue weighted by Gasteiger charge is 2.21. The van der Waals surface area contributed by atoms with Crippen LogP contribution in [0.2, 0.25) is 0 Å². The molecule has 1 aliphatic rings. The molecule has 0 heterocycles. The molecule has 0 atom stereocenters. The summed E-state index contributed by atoms with van der Waals surface area (Å²) < 4.78 is 25.8. The number of hydrogen-bond acceptors (Lipinski definition) is 5. The van der Waals surface area contributed by atoms with Crippen molar-refractivity contribution < 1.29 is 18.0 Å². The second-order valence-corrected chi connectivity index (χ2v) is 7.44. The molecule has 6 nitrogen and oxygen atoms in total. The highest BCUT2D eigenvalue weighted by atomic mass is 32.2. The molecule has 0 fully saturated rings. The Morgan fingerprint density at radius 2 is 1.62 bits per heavy atom. The Balaban J connectivity index is 1.83. The fourth-order valence-corrected chi connectivity index (χ4v) is 3.63. The minimum absolute atomic E-state index is 0.0314. The maximum atomic E-state index is 12.2. The van der Waals surface area contributed by atoms with E-state index in [1.54, 1.807) is 24.3 Å². The maximum absolute atomic E-state index is 12.2. The molecular formula is C19H16N2O4S. The molecule has 7 heteroatoms. The molecule has 0 unspecified atom stereocenters. The van der Waals surface area contributed by atoms with Crippen LogP contribution in [0.3, 0.4) is 0 Å². The van der Waals surface area contributed by atoms with Crippen molar-refractivity contribution in [1.82, 2.24) is 4.72 Å². The fourth-order valence-electron chi connectivity index (χ4n) is 2.63. The van der Waals surface area contributed by atoms with Crippen molar-refractivity contribution in [3.8, 4) is 0 Å². The highest BCUT2D eigenvalue weighted by molar-refractivity contribution is 7.90. The van der Waals surface area contributed by atoms with E-state index in [0.29, 0.717) is 22.5 Å². The number of allylic oxidation sites excluding steroid dienone is 2. The van der Waals surface area contributed by atoms with Gasteiger partial charge in [0.15, 0.2) is 5.78 Å². The SMILES string of the molecule is C=C1C(Nc2ccc(S(=O)(=O)NC(C)=O)cc2)=CC(=O)c2ccccc21. The zero-order valence-corrected chi connectivity index (χ0v) is 14.8. The molecule has 0 spiro atoms. The molecule has 0 saturated carbocycles. The van der Waals surface area contributed by atoms with Crippen molar-refractivity contribution in [3.63, 3.8) is 0 Å². The van der Waals surface area contributed by atoms with Crippen LogP contribution in [-0.2, 0) is 14.8 Å². The lowest BCUT2D eigenvalue weighted by molar-refractivity contribution is -0.117. The van der Waals surface area contributed by atoms with Crippen LogP contribution in [0.5, 0.6) is 0 Å². The molecule has 26 heavy (non-hydrogen) atoms. The van der Waals surface area contributed by atoms with Gasteiger partial charge >= 0.3 is 0 Å². The lowest BCUT2D eigenvalue weighted by atomic mass is 9.90. The number of anilines is 1. The zero-order valence-electron chi connectivity index (χ0n) is 13.9. The number of nitrogens with one attached hydrogen (secondary N) is 2. The topological polar surface area (TPSA) is 92.3 Å². The number of sulfonamides is 1. The Kier molecular flexibility index (Phi) is 4.48. The lowest BCUT2D eigenvalue weighted by Crippen LogP contribution is -2.28. The molecule has 1 amide bonds. The Morgan fingerprint density at radius 1 is 1.00 bits per heavy atom. The molecule has 0 bridgehead atoms. The second kappa shape index (κ2) is 6.61. The third-order valence-corrected chi connectivity index (χ3v) is 5.29. The van der Waals surface area contributed by atoms with E-state index in [1.165, 1.54) is 18.2 Å². The first-order valence-corrected chi connectivity index (χ1v) is 9.21. The van der Waals surface area contributed by atoms with Gasteiger partial charge in [0.2, 0.25) is 5.91 Å². The van der Waals surface area contributed by atoms with Gasteiger partial charge in [-0.15, -0.1) is 0 Å². The molecular weight excluding hydrogens is 352 g/mol. The quantitative estimate of drug-likeness (QED) is 0.866. The number of carbonyl (C=O) groups excluding carboxylic acids is 2. The third-order valence-electron chi connectivity index (χ3n) is 3.84. The molecule has 2 N–H and O–H groups in total. The summed E-state index contributed by atoms with van der Waals surface area (Å²) in [5, 5.41) is 3.08. The van der Waals surface area contributed by atoms with E-state index in [2.05, 4.69) is 11.9 Å². The zero-order chi connectivity index (χ0) is 18.9. The normalized spacial score (nSPS) is 13.7. The highest BCUT2D eigenvalue weighted by Crippen LogP contribution is 2.31. The van der Waals surface area contributed by atoms with Gasteiger partial charge in [-0.3, -0.25) is 9.59 Å². The van der Waals surface area contributed by atoms with Gasteiger partial charge in [0.05, 0.1) is 4.90 Å². The van der Waals surface area contributed by atoms with Crippen molar-refractivity contribution in [3.05, 3.63) is 78.0 Å². The van der Waals surface area contributed by atoms with Gasteiger partial charge in [-0.2, -0.15) is 0 Å². The van der Waals surface area contributed by atoms with Gasteiger partial charge in [0.1, 0.15) is 0 Å². The van der Waals surface area contributed by atoms with Crippen LogP contribution in [0, 0.1) is 0 Å². The lowest BCUT2D eigenvalue weighted by Gasteiger charge is -2.20. The molecule has 0 saturated heterocycles. The van der Waals surface area contributed by atoms with Gasteiger partial charge in [0, 0.05) is 29.9 Å². The number of amides is 1. The number of rotatable bonds is 4. The summed E-state index contributed by atoms with van der Waals surface area (Å²) in [5.41, 5.74) is 3.17. The molecule has 0 aliphatic heterocycles. The van der Waals surface area contributed by atoms with E-state index in [0.717, 1.165) is 12.5 Å². The molecule has 2 aromatic carbocycles. The molecule has 2 aromatic rings. The van der Waals surface area contributed by atoms with Crippen LogP contribution in [0.25, 0.3) is 5.57 Å². The summed E-state index contributed by atoms with van der Waals surface area (Å²) in [5.74, 6) is -0.784. The van der Waals surface area contributed by atoms with Gasteiger partial charge in [-0.05, 0) is 35.4 Å². The van der Waals surface area contributed by atoms with E-state index < -0.39 is 15.9 Å². The van der Waals surface area contributed by atoms with Crippen LogP contribution in [-0.4, -0.2) is 20.1 Å². The van der Waals surface area contributed by atoms with Crippen LogP contribution in [0.15, 0.2) is 71.8 Å². The summed E-state index contributed by atoms with van der Waals surface area (Å²) in [7, 11) is -3.88. The number of hydrogen-bond donors (Lipinski definition) is 2. The smallest absolute Gasteiger partial charge is 0.264 e. The summed E-state index contributed by atoms with van der Waals surface area (Å²) in [4.78, 5) is 23.2. The largest absolute Gasteiger partial charge is 0.355 e. The number of benzene rings is 2. The van der Waals surface area contributed by atoms with E-state index in [9.17, 15) is 18.0 Å². The van der Waals surface area contributed by atoms with E-state index in [-0.39, 0.29) is 10.7 Å². The second-order valence-electron chi connectivity index (χ2n) is 5.76. The van der Waals surface area contributed by atoms with Crippen molar-refractivity contribution in [2.24, 2.45) is 0 Å². The van der Waals surface area contributed by atoms with E-state index >= 15 is 0 Å². The average Bonchev–Trinajstić information content (AvgIpc) is 2.59. The molecule has 132 valence electrons. The van der Waals surface area contributed by atoms with Gasteiger partial charge in [-0.25, -0.2) is 13.1 Å². The maximum Gasteiger partial charge on any atom is 0.264 e. The first-order chi connectivity index (χ1) is 12.3. The van der Waals surface area contributed by atoms with Crippen molar-refractivity contribution in [2.75, 3.05) is 5.32 Å². The van der Waals surface area contributed by atoms with Gasteiger partial charge in [-0.1, -0.05) is 30.8 Å². The van der Waals surface area contributed by atoms with Gasteiger partial charge < -0.3 is 5.32 Å². The van der Waals surface area contributed by atoms with Crippen LogP contribution in [0.4, 0.5) is 5.69 Å². The van der Waals surface area contributed by atoms with Crippen LogP contribution < -0.4 is 10.0 Å². The summed E-state index contributed by atoms with van der Waals surface area (Å²) in [6.45, 7) is 5.16. The minimum Gasteiger partial charge on any atom is -0.355 e. The predicted octanol–water partition coefficient (Wildman–Crippen LogP) is 2.72. The standard InChI is InChI=1S/C19H16N2O4S/c1-12-16-5-3-4-6-17(16)19(23)11-18(12)20-14-7-9-15(10-8-14)26(24,25)21-13(2)22/h3-11,20H,1H2,2H3,(H,21,22). The minimum atomic E-state index is -3.88. The third kappa shape index (κ3) is 3.43. The first-order valence-electron chi connectivity index (χ1n) is 7.73. The molecule has 1 aliphatic carbocycles. The Morgan fingerprint density at radius 3 is 2.23 bits per heavy atom. The fraction of sp³-hybridized carbons (Fsp3) is 0.0526. The Bertz CT molecular complexity index is 1050. The summed E-state index contributed by atoms with van der Waals surface area (Å²) >= 11 is 0. The number of fused-ring (bicyclic) bond motifs is 1. The molecule has 0 aromatic heterocycles. The van der Waals surface area contributed by atoms with Crippen LogP contribution >= 0.6 is 0 Å². The number of ketones is 1. The van der Waals surface area contributed by atoms with Crippen molar-refractivity contribution in [1.29, 1.82) is 0 Å². The van der Waals surface area contributed by atoms with Crippen LogP contribution in [0.1, 0.15) is 22.8 Å². The summed E-state index contributed by atoms with van der Waals surface area (Å²) in [6.07, 6.45) is 1.46. The van der Waals surface area contributed by atoms with Gasteiger partial charge in [0.25, 0.3) is 10.0 Å². The van der Waals surface area contributed by atoms with E-state index in [4.69, 9.17) is 0 Å². The average molecular weight is 368 g/mol.